The summed E-state index contributed by atoms with van der Waals surface area (Å²) >= 11 is 0. The molecule has 1 aliphatic carbocycles. The van der Waals surface area contributed by atoms with Crippen LogP contribution in [0.15, 0.2) is 36.4 Å². The Kier molecular flexibility index (Phi) is 6.16. The Bertz CT molecular complexity index is 823. The fourth-order valence-electron chi connectivity index (χ4n) is 3.95. The van der Waals surface area contributed by atoms with E-state index in [0.717, 1.165) is 22.8 Å². The van der Waals surface area contributed by atoms with Gasteiger partial charge < -0.3 is 9.84 Å². The van der Waals surface area contributed by atoms with E-state index in [1.165, 1.54) is 0 Å². The van der Waals surface area contributed by atoms with Crippen LogP contribution in [-0.2, 0) is 4.79 Å². The Morgan fingerprint density at radius 2 is 1.75 bits per heavy atom. The number of hydrogen-bond acceptors (Lipinski definition) is 2. The zero-order valence-electron chi connectivity index (χ0n) is 15.8. The number of hydrogen-bond donors (Lipinski definition) is 1. The maximum atomic E-state index is 12.8. The second kappa shape index (κ2) is 8.41. The smallest absolute Gasteiger partial charge is 0.391 e. The van der Waals surface area contributed by atoms with Gasteiger partial charge in [0.2, 0.25) is 0 Å². The van der Waals surface area contributed by atoms with Gasteiger partial charge in [-0.25, -0.2) is 0 Å². The van der Waals surface area contributed by atoms with Gasteiger partial charge in [-0.2, -0.15) is 13.2 Å². The van der Waals surface area contributed by atoms with E-state index in [9.17, 15) is 23.1 Å². The predicted octanol–water partition coefficient (Wildman–Crippen LogP) is 6.31. The normalized spacial score (nSPS) is 21.4. The van der Waals surface area contributed by atoms with Crippen LogP contribution in [0.2, 0.25) is 0 Å². The van der Waals surface area contributed by atoms with Crippen molar-refractivity contribution in [2.45, 2.75) is 63.6 Å². The first kappa shape index (κ1) is 20.5. The Morgan fingerprint density at radius 1 is 1.11 bits per heavy atom. The summed E-state index contributed by atoms with van der Waals surface area (Å²) in [6, 6.07) is 11.1. The van der Waals surface area contributed by atoms with Gasteiger partial charge in [-0.1, -0.05) is 37.6 Å². The van der Waals surface area contributed by atoms with E-state index in [1.807, 2.05) is 37.3 Å². The van der Waals surface area contributed by atoms with E-state index < -0.39 is 24.0 Å². The van der Waals surface area contributed by atoms with Crippen LogP contribution in [-0.4, -0.2) is 23.4 Å². The topological polar surface area (TPSA) is 46.5 Å². The number of benzene rings is 2. The molecule has 1 atom stereocenters. The molecule has 3 rings (SSSR count). The van der Waals surface area contributed by atoms with Crippen LogP contribution in [0, 0.1) is 5.92 Å². The minimum atomic E-state index is -4.11. The highest BCUT2D eigenvalue weighted by Gasteiger charge is 2.41. The zero-order valence-corrected chi connectivity index (χ0v) is 15.8. The third-order valence-electron chi connectivity index (χ3n) is 5.55. The summed E-state index contributed by atoms with van der Waals surface area (Å²) in [4.78, 5) is 11.5. The van der Waals surface area contributed by atoms with Crippen molar-refractivity contribution < 1.29 is 27.8 Å². The van der Waals surface area contributed by atoms with Crippen LogP contribution in [0.25, 0.3) is 10.8 Å². The summed E-state index contributed by atoms with van der Waals surface area (Å²) < 4.78 is 44.3. The van der Waals surface area contributed by atoms with Crippen LogP contribution in [0.3, 0.4) is 0 Å². The lowest BCUT2D eigenvalue weighted by atomic mass is 9.87. The molecule has 0 amide bonds. The fraction of sp³-hybridized carbons (Fsp3) is 0.500. The molecule has 1 N–H and O–H groups in total. The van der Waals surface area contributed by atoms with Crippen molar-refractivity contribution in [3.05, 3.63) is 42.0 Å². The van der Waals surface area contributed by atoms with Gasteiger partial charge in [0.1, 0.15) is 5.75 Å². The van der Waals surface area contributed by atoms with Crippen LogP contribution in [0.1, 0.15) is 56.9 Å². The minimum absolute atomic E-state index is 0.110. The quantitative estimate of drug-likeness (QED) is 0.625. The largest absolute Gasteiger partial charge is 0.490 e. The lowest BCUT2D eigenvalue weighted by Crippen LogP contribution is -2.31. The first-order valence-corrected chi connectivity index (χ1v) is 9.77. The molecule has 0 bridgehead atoms. The van der Waals surface area contributed by atoms with Crippen molar-refractivity contribution in [2.75, 3.05) is 0 Å². The van der Waals surface area contributed by atoms with Crippen molar-refractivity contribution >= 4 is 16.7 Å². The number of fused-ring (bicyclic) bond motifs is 1. The Labute approximate surface area is 162 Å². The van der Waals surface area contributed by atoms with Gasteiger partial charge in [0.25, 0.3) is 0 Å². The number of halogens is 3. The number of ether oxygens (including phenoxy) is 1. The Morgan fingerprint density at radius 3 is 2.36 bits per heavy atom. The highest BCUT2D eigenvalue weighted by Crippen LogP contribution is 2.38. The van der Waals surface area contributed by atoms with Crippen LogP contribution in [0.4, 0.5) is 13.2 Å². The third kappa shape index (κ3) is 4.78. The maximum absolute atomic E-state index is 12.8. The van der Waals surface area contributed by atoms with Crippen molar-refractivity contribution in [2.24, 2.45) is 5.92 Å². The van der Waals surface area contributed by atoms with Crippen molar-refractivity contribution in [1.82, 2.24) is 0 Å². The third-order valence-corrected chi connectivity index (χ3v) is 5.55. The highest BCUT2D eigenvalue weighted by atomic mass is 19.4. The first-order chi connectivity index (χ1) is 13.3. The summed E-state index contributed by atoms with van der Waals surface area (Å²) in [5.41, 5.74) is 0.779. The molecule has 2 aromatic rings. The molecule has 0 saturated heterocycles. The SMILES string of the molecule is CCCC(C(=O)O)c1ccc2cc(OC3CCC(C(F)(F)F)CC3)ccc2c1. The zero-order chi connectivity index (χ0) is 20.3. The van der Waals surface area contributed by atoms with Crippen molar-refractivity contribution in [1.29, 1.82) is 0 Å². The van der Waals surface area contributed by atoms with E-state index in [0.29, 0.717) is 25.0 Å². The van der Waals surface area contributed by atoms with Crippen LogP contribution < -0.4 is 4.74 Å². The lowest BCUT2D eigenvalue weighted by Gasteiger charge is -2.30. The standard InChI is InChI=1S/C22H25F3O3/c1-2-3-20(21(26)27)16-5-4-15-13-19(9-6-14(15)12-16)28-18-10-7-17(8-11-18)22(23,24)25/h4-6,9,12-13,17-18,20H,2-3,7-8,10-11H2,1H3,(H,26,27). The lowest BCUT2D eigenvalue weighted by molar-refractivity contribution is -0.185. The molecular weight excluding hydrogens is 369 g/mol. The molecule has 1 fully saturated rings. The van der Waals surface area contributed by atoms with E-state index >= 15 is 0 Å². The number of rotatable bonds is 6. The van der Waals surface area contributed by atoms with Crippen molar-refractivity contribution in [3.8, 4) is 5.75 Å². The number of aliphatic carboxylic acids is 1. The molecule has 0 aliphatic heterocycles. The number of carboxylic acid groups (broad SMARTS) is 1. The van der Waals surface area contributed by atoms with Gasteiger partial charge in [0, 0.05) is 0 Å². The van der Waals surface area contributed by atoms with Gasteiger partial charge in [-0.3, -0.25) is 4.79 Å². The molecule has 0 aromatic heterocycles. The monoisotopic (exact) mass is 394 g/mol. The van der Waals surface area contributed by atoms with Gasteiger partial charge in [0.15, 0.2) is 0 Å². The van der Waals surface area contributed by atoms with E-state index in [-0.39, 0.29) is 18.9 Å². The predicted molar refractivity (Wildman–Crippen MR) is 102 cm³/mol. The van der Waals surface area contributed by atoms with Gasteiger partial charge in [-0.05, 0) is 60.6 Å². The molecule has 2 aromatic carbocycles. The minimum Gasteiger partial charge on any atom is -0.490 e. The van der Waals surface area contributed by atoms with E-state index in [2.05, 4.69) is 0 Å². The van der Waals surface area contributed by atoms with E-state index in [4.69, 9.17) is 4.74 Å². The summed E-state index contributed by atoms with van der Waals surface area (Å²) in [5, 5.41) is 11.3. The van der Waals surface area contributed by atoms with Gasteiger partial charge in [-0.15, -0.1) is 0 Å². The molecule has 152 valence electrons. The second-order valence-electron chi connectivity index (χ2n) is 7.58. The number of alkyl halides is 3. The molecular formula is C22H25F3O3. The van der Waals surface area contributed by atoms with Crippen LogP contribution in [0.5, 0.6) is 5.75 Å². The van der Waals surface area contributed by atoms with Crippen molar-refractivity contribution in [3.63, 3.8) is 0 Å². The van der Waals surface area contributed by atoms with Crippen LogP contribution >= 0.6 is 0 Å². The summed E-state index contributed by atoms with van der Waals surface area (Å²) in [6.07, 6.45) is -1.91. The molecule has 1 saturated carbocycles. The maximum Gasteiger partial charge on any atom is 0.391 e. The molecule has 0 spiro atoms. The first-order valence-electron chi connectivity index (χ1n) is 9.77. The second-order valence-corrected chi connectivity index (χ2v) is 7.58. The van der Waals surface area contributed by atoms with Gasteiger partial charge in [0.05, 0.1) is 17.9 Å². The number of carbonyl (C=O) groups is 1. The number of carboxylic acids is 1. The highest BCUT2D eigenvalue weighted by molar-refractivity contribution is 5.86. The molecule has 0 radical (unpaired) electrons. The summed E-state index contributed by atoms with van der Waals surface area (Å²) in [6.45, 7) is 1.96. The molecule has 1 unspecified atom stereocenters. The molecule has 6 heteroatoms. The fourth-order valence-corrected chi connectivity index (χ4v) is 3.95. The summed E-state index contributed by atoms with van der Waals surface area (Å²) in [7, 11) is 0. The molecule has 28 heavy (non-hydrogen) atoms. The summed E-state index contributed by atoms with van der Waals surface area (Å²) in [5.74, 6) is -1.92. The average molecular weight is 394 g/mol. The molecule has 0 heterocycles. The Hall–Kier alpha value is -2.24. The molecule has 1 aliphatic rings. The van der Waals surface area contributed by atoms with E-state index in [1.54, 1.807) is 6.07 Å². The molecule has 3 nitrogen and oxygen atoms in total. The van der Waals surface area contributed by atoms with Gasteiger partial charge >= 0.3 is 12.1 Å². The Balaban J connectivity index is 1.70. The average Bonchev–Trinajstić information content (AvgIpc) is 2.65.